The summed E-state index contributed by atoms with van der Waals surface area (Å²) in [6.45, 7) is 5.41. The first-order valence-electron chi connectivity index (χ1n) is 7.75. The van der Waals surface area contributed by atoms with Crippen molar-refractivity contribution >= 4 is 11.8 Å². The molecule has 114 valence electrons. The summed E-state index contributed by atoms with van der Waals surface area (Å²) in [6, 6.07) is 9.85. The van der Waals surface area contributed by atoms with Crippen LogP contribution in [0.25, 0.3) is 0 Å². The molecule has 2 rings (SSSR count). The van der Waals surface area contributed by atoms with Gasteiger partial charge in [-0.05, 0) is 18.9 Å². The van der Waals surface area contributed by atoms with Crippen molar-refractivity contribution in [2.75, 3.05) is 13.1 Å². The minimum atomic E-state index is -0.208. The third-order valence-corrected chi connectivity index (χ3v) is 4.03. The molecule has 4 heteroatoms. The van der Waals surface area contributed by atoms with Gasteiger partial charge in [-0.2, -0.15) is 0 Å². The fourth-order valence-electron chi connectivity index (χ4n) is 2.67. The number of amides is 2. The predicted molar refractivity (Wildman–Crippen MR) is 82.6 cm³/mol. The molecule has 4 nitrogen and oxygen atoms in total. The lowest BCUT2D eigenvalue weighted by Crippen LogP contribution is -2.34. The van der Waals surface area contributed by atoms with E-state index in [1.165, 1.54) is 0 Å². The Hall–Kier alpha value is -1.84. The highest BCUT2D eigenvalue weighted by Crippen LogP contribution is 2.20. The molecular weight excluding hydrogens is 264 g/mol. The summed E-state index contributed by atoms with van der Waals surface area (Å²) in [5, 5.41) is 3.02. The molecule has 2 amide bonds. The second-order valence-corrected chi connectivity index (χ2v) is 5.74. The largest absolute Gasteiger partial charge is 0.349 e. The van der Waals surface area contributed by atoms with E-state index in [0.717, 1.165) is 24.9 Å². The average Bonchev–Trinajstić information content (AvgIpc) is 2.87. The molecule has 21 heavy (non-hydrogen) atoms. The highest BCUT2D eigenvalue weighted by molar-refractivity contribution is 5.89. The van der Waals surface area contributed by atoms with Crippen LogP contribution in [0.3, 0.4) is 0 Å². The van der Waals surface area contributed by atoms with Gasteiger partial charge in [-0.25, -0.2) is 0 Å². The van der Waals surface area contributed by atoms with Gasteiger partial charge in [0.05, 0.1) is 12.0 Å². The normalized spacial score (nSPS) is 19.6. The number of unbranched alkanes of at least 4 members (excludes halogenated alkanes) is 1. The number of nitrogens with zero attached hydrogens (tertiary/aromatic N) is 1. The van der Waals surface area contributed by atoms with E-state index in [2.05, 4.69) is 12.2 Å². The third kappa shape index (κ3) is 4.06. The summed E-state index contributed by atoms with van der Waals surface area (Å²) in [5.74, 6) is -0.116. The van der Waals surface area contributed by atoms with Crippen molar-refractivity contribution in [2.45, 2.75) is 39.2 Å². The molecule has 1 heterocycles. The van der Waals surface area contributed by atoms with E-state index in [0.29, 0.717) is 13.0 Å². The fourth-order valence-corrected chi connectivity index (χ4v) is 2.67. The molecule has 0 bridgehead atoms. The molecule has 0 saturated carbocycles. The summed E-state index contributed by atoms with van der Waals surface area (Å²) in [4.78, 5) is 26.0. The van der Waals surface area contributed by atoms with Gasteiger partial charge >= 0.3 is 0 Å². The van der Waals surface area contributed by atoms with Crippen LogP contribution in [0.1, 0.15) is 44.7 Å². The van der Waals surface area contributed by atoms with E-state index in [9.17, 15) is 9.59 Å². The number of benzene rings is 1. The number of nitrogens with one attached hydrogen (secondary N) is 1. The maximum absolute atomic E-state index is 12.3. The molecule has 0 aromatic heterocycles. The topological polar surface area (TPSA) is 49.4 Å². The van der Waals surface area contributed by atoms with Gasteiger partial charge in [0, 0.05) is 19.5 Å². The van der Waals surface area contributed by atoms with Crippen LogP contribution in [0.4, 0.5) is 0 Å². The van der Waals surface area contributed by atoms with Gasteiger partial charge in [0.2, 0.25) is 11.8 Å². The lowest BCUT2D eigenvalue weighted by atomic mass is 10.1. The summed E-state index contributed by atoms with van der Waals surface area (Å²) < 4.78 is 0. The van der Waals surface area contributed by atoms with Crippen LogP contribution in [0, 0.1) is 5.92 Å². The lowest BCUT2D eigenvalue weighted by molar-refractivity contribution is -0.129. The first-order valence-corrected chi connectivity index (χ1v) is 7.75. The van der Waals surface area contributed by atoms with Crippen LogP contribution in [0.15, 0.2) is 30.3 Å². The van der Waals surface area contributed by atoms with Gasteiger partial charge in [-0.3, -0.25) is 9.59 Å². The Morgan fingerprint density at radius 3 is 2.76 bits per heavy atom. The lowest BCUT2D eigenvalue weighted by Gasteiger charge is -2.18. The van der Waals surface area contributed by atoms with Crippen molar-refractivity contribution in [1.82, 2.24) is 10.2 Å². The standard InChI is InChI=1S/C17H24N2O2/c1-3-4-10-19-12-15(11-16(19)20)17(21)18-13(2)14-8-6-5-7-9-14/h5-9,13,15H,3-4,10-12H2,1-2H3,(H,18,21). The van der Waals surface area contributed by atoms with Crippen molar-refractivity contribution in [3.05, 3.63) is 35.9 Å². The van der Waals surface area contributed by atoms with E-state index >= 15 is 0 Å². The molecular formula is C17H24N2O2. The molecule has 2 atom stereocenters. The zero-order chi connectivity index (χ0) is 15.2. The van der Waals surface area contributed by atoms with Gasteiger partial charge in [0.1, 0.15) is 0 Å². The molecule has 0 radical (unpaired) electrons. The number of hydrogen-bond acceptors (Lipinski definition) is 2. The van der Waals surface area contributed by atoms with Crippen LogP contribution >= 0.6 is 0 Å². The summed E-state index contributed by atoms with van der Waals surface area (Å²) in [7, 11) is 0. The van der Waals surface area contributed by atoms with E-state index in [1.54, 1.807) is 0 Å². The molecule has 1 aliphatic rings. The number of hydrogen-bond donors (Lipinski definition) is 1. The van der Waals surface area contributed by atoms with Crippen molar-refractivity contribution in [3.63, 3.8) is 0 Å². The van der Waals surface area contributed by atoms with Crippen molar-refractivity contribution < 1.29 is 9.59 Å². The second-order valence-electron chi connectivity index (χ2n) is 5.74. The van der Waals surface area contributed by atoms with Gasteiger partial charge in [-0.1, -0.05) is 43.7 Å². The summed E-state index contributed by atoms with van der Waals surface area (Å²) in [5.41, 5.74) is 1.08. The minimum absolute atomic E-state index is 0.0151. The monoisotopic (exact) mass is 288 g/mol. The van der Waals surface area contributed by atoms with Gasteiger partial charge in [-0.15, -0.1) is 0 Å². The Kier molecular flexibility index (Phi) is 5.37. The van der Waals surface area contributed by atoms with Crippen molar-refractivity contribution in [3.8, 4) is 0 Å². The highest BCUT2D eigenvalue weighted by atomic mass is 16.2. The Morgan fingerprint density at radius 2 is 2.10 bits per heavy atom. The van der Waals surface area contributed by atoms with Crippen LogP contribution in [-0.2, 0) is 9.59 Å². The smallest absolute Gasteiger partial charge is 0.225 e. The summed E-state index contributed by atoms with van der Waals surface area (Å²) >= 11 is 0. The highest BCUT2D eigenvalue weighted by Gasteiger charge is 2.34. The van der Waals surface area contributed by atoms with Crippen LogP contribution in [0.2, 0.25) is 0 Å². The molecule has 1 N–H and O–H groups in total. The quantitative estimate of drug-likeness (QED) is 0.874. The van der Waals surface area contributed by atoms with Gasteiger partial charge < -0.3 is 10.2 Å². The number of likely N-dealkylation sites (tertiary alicyclic amines) is 1. The van der Waals surface area contributed by atoms with Crippen LogP contribution in [0.5, 0.6) is 0 Å². The van der Waals surface area contributed by atoms with E-state index in [4.69, 9.17) is 0 Å². The Balaban J connectivity index is 1.88. The average molecular weight is 288 g/mol. The predicted octanol–water partition coefficient (Wildman–Crippen LogP) is 2.51. The van der Waals surface area contributed by atoms with Crippen molar-refractivity contribution in [1.29, 1.82) is 0 Å². The van der Waals surface area contributed by atoms with E-state index in [1.807, 2.05) is 42.2 Å². The first kappa shape index (κ1) is 15.5. The molecule has 2 unspecified atom stereocenters. The Morgan fingerprint density at radius 1 is 1.38 bits per heavy atom. The fraction of sp³-hybridized carbons (Fsp3) is 0.529. The van der Waals surface area contributed by atoms with Crippen LogP contribution < -0.4 is 5.32 Å². The third-order valence-electron chi connectivity index (χ3n) is 4.03. The van der Waals surface area contributed by atoms with E-state index in [-0.39, 0.29) is 23.8 Å². The molecule has 1 aromatic rings. The summed E-state index contributed by atoms with van der Waals surface area (Å²) in [6.07, 6.45) is 2.41. The maximum atomic E-state index is 12.3. The first-order chi connectivity index (χ1) is 10.1. The van der Waals surface area contributed by atoms with E-state index < -0.39 is 0 Å². The van der Waals surface area contributed by atoms with Crippen LogP contribution in [-0.4, -0.2) is 29.8 Å². The van der Waals surface area contributed by atoms with Gasteiger partial charge in [0.15, 0.2) is 0 Å². The maximum Gasteiger partial charge on any atom is 0.225 e. The molecule has 0 spiro atoms. The Bertz CT molecular complexity index is 487. The van der Waals surface area contributed by atoms with Crippen molar-refractivity contribution in [2.24, 2.45) is 5.92 Å². The minimum Gasteiger partial charge on any atom is -0.349 e. The zero-order valence-corrected chi connectivity index (χ0v) is 12.8. The SMILES string of the molecule is CCCCN1CC(C(=O)NC(C)c2ccccc2)CC1=O. The molecule has 1 saturated heterocycles. The molecule has 1 aliphatic heterocycles. The Labute approximate surface area is 126 Å². The van der Waals surface area contributed by atoms with Gasteiger partial charge in [0.25, 0.3) is 0 Å². The molecule has 0 aliphatic carbocycles. The number of rotatable bonds is 6. The number of carbonyl (C=O) groups is 2. The number of carbonyl (C=O) groups excluding carboxylic acids is 2. The zero-order valence-electron chi connectivity index (χ0n) is 12.8. The molecule has 1 fully saturated rings. The molecule has 1 aromatic carbocycles. The second kappa shape index (κ2) is 7.25.